The largest absolute Gasteiger partial charge is 0.507 e. The number of likely N-dealkylation sites (tertiary alicyclic amines) is 1. The second-order valence-electron chi connectivity index (χ2n) is 8.80. The maximum absolute atomic E-state index is 13.1. The summed E-state index contributed by atoms with van der Waals surface area (Å²) in [6, 6.07) is 19.7. The highest BCUT2D eigenvalue weighted by Crippen LogP contribution is 2.39. The van der Waals surface area contributed by atoms with Crippen molar-refractivity contribution >= 4 is 17.4 Å². The smallest absolute Gasteiger partial charge is 0.295 e. The highest BCUT2D eigenvalue weighted by atomic mass is 16.5. The van der Waals surface area contributed by atoms with Crippen LogP contribution >= 0.6 is 0 Å². The molecule has 1 amide bonds. The number of benzene rings is 2. The topological polar surface area (TPSA) is 83.0 Å². The summed E-state index contributed by atoms with van der Waals surface area (Å²) < 4.78 is 5.94. The first-order valence-electron chi connectivity index (χ1n) is 11.5. The number of hydrogen-bond donors (Lipinski definition) is 1. The molecule has 1 aromatic heterocycles. The van der Waals surface area contributed by atoms with Crippen LogP contribution in [0.1, 0.15) is 28.4 Å². The van der Waals surface area contributed by atoms with E-state index in [0.717, 1.165) is 11.1 Å². The van der Waals surface area contributed by atoms with Gasteiger partial charge < -0.3 is 19.6 Å². The molecule has 7 nitrogen and oxygen atoms in total. The van der Waals surface area contributed by atoms with Crippen molar-refractivity contribution in [1.82, 2.24) is 14.8 Å². The average molecular weight is 472 g/mol. The molecule has 4 rings (SSSR count). The summed E-state index contributed by atoms with van der Waals surface area (Å²) in [4.78, 5) is 33.9. The summed E-state index contributed by atoms with van der Waals surface area (Å²) in [5, 5.41) is 11.3. The van der Waals surface area contributed by atoms with E-state index in [0.29, 0.717) is 36.7 Å². The lowest BCUT2D eigenvalue weighted by Crippen LogP contribution is -2.35. The summed E-state index contributed by atoms with van der Waals surface area (Å²) in [6.45, 7) is 3.20. The van der Waals surface area contributed by atoms with Crippen LogP contribution in [0.15, 0.2) is 78.5 Å². The predicted molar refractivity (Wildman–Crippen MR) is 134 cm³/mol. The molecule has 1 fully saturated rings. The van der Waals surface area contributed by atoms with Gasteiger partial charge in [-0.2, -0.15) is 0 Å². The minimum atomic E-state index is -0.759. The molecule has 0 radical (unpaired) electrons. The van der Waals surface area contributed by atoms with Crippen molar-refractivity contribution < 1.29 is 19.4 Å². The standard InChI is InChI=1S/C28H29N3O4/c1-19-17-21(12-13-23(19)35-18-20-9-5-4-6-10-20)26(32)24-25(22-11-7-8-14-29-22)31(16-15-30(2)3)28(34)27(24)33/h4-14,17,25,32H,15-16,18H2,1-3H3/b26-24-. The first-order chi connectivity index (χ1) is 16.9. The fourth-order valence-electron chi connectivity index (χ4n) is 4.11. The lowest BCUT2D eigenvalue weighted by Gasteiger charge is -2.25. The Kier molecular flexibility index (Phi) is 7.27. The van der Waals surface area contributed by atoms with Crippen molar-refractivity contribution in [2.75, 3.05) is 27.2 Å². The van der Waals surface area contributed by atoms with Crippen molar-refractivity contribution in [2.24, 2.45) is 0 Å². The molecular weight excluding hydrogens is 442 g/mol. The normalized spacial score (nSPS) is 17.3. The Morgan fingerprint density at radius 3 is 2.46 bits per heavy atom. The fraction of sp³-hybridized carbons (Fsp3) is 0.250. The van der Waals surface area contributed by atoms with Crippen molar-refractivity contribution in [2.45, 2.75) is 19.6 Å². The van der Waals surface area contributed by atoms with E-state index in [9.17, 15) is 14.7 Å². The molecule has 1 atom stereocenters. The number of aliphatic hydroxyl groups is 1. The first-order valence-corrected chi connectivity index (χ1v) is 11.5. The molecule has 1 aliphatic rings. The number of Topliss-reactive ketones (excluding diaryl/α,β-unsaturated/α-hetero) is 1. The highest BCUT2D eigenvalue weighted by molar-refractivity contribution is 6.46. The SMILES string of the molecule is Cc1cc(/C(O)=C2/C(=O)C(=O)N(CCN(C)C)C2c2ccccn2)ccc1OCc1ccccc1. The van der Waals surface area contributed by atoms with Crippen LogP contribution in [0.2, 0.25) is 0 Å². The lowest BCUT2D eigenvalue weighted by atomic mass is 9.97. The molecule has 0 bridgehead atoms. The van der Waals surface area contributed by atoms with E-state index >= 15 is 0 Å². The minimum Gasteiger partial charge on any atom is -0.507 e. The van der Waals surface area contributed by atoms with E-state index in [1.807, 2.05) is 56.3 Å². The number of ether oxygens (including phenoxy) is 1. The number of likely N-dealkylation sites (N-methyl/N-ethyl adjacent to an activating group) is 1. The van der Waals surface area contributed by atoms with Gasteiger partial charge in [-0.3, -0.25) is 14.6 Å². The van der Waals surface area contributed by atoms with Gasteiger partial charge in [0.25, 0.3) is 11.7 Å². The molecule has 1 saturated heterocycles. The Bertz CT molecular complexity index is 1240. The summed E-state index contributed by atoms with van der Waals surface area (Å²) >= 11 is 0. The number of amides is 1. The number of carbonyl (C=O) groups is 2. The average Bonchev–Trinajstić information content (AvgIpc) is 3.12. The number of rotatable bonds is 8. The molecule has 2 aromatic carbocycles. The zero-order chi connectivity index (χ0) is 24.9. The van der Waals surface area contributed by atoms with Gasteiger partial charge in [-0.15, -0.1) is 0 Å². The van der Waals surface area contributed by atoms with Crippen LogP contribution in [0.25, 0.3) is 5.76 Å². The summed E-state index contributed by atoms with van der Waals surface area (Å²) in [5.74, 6) is -0.885. The van der Waals surface area contributed by atoms with E-state index in [4.69, 9.17) is 4.74 Å². The second kappa shape index (κ2) is 10.5. The number of nitrogens with zero attached hydrogens (tertiary/aromatic N) is 3. The molecule has 35 heavy (non-hydrogen) atoms. The van der Waals surface area contributed by atoms with E-state index in [2.05, 4.69) is 4.98 Å². The fourth-order valence-corrected chi connectivity index (χ4v) is 4.11. The van der Waals surface area contributed by atoms with Gasteiger partial charge in [-0.25, -0.2) is 0 Å². The van der Waals surface area contributed by atoms with Crippen molar-refractivity contribution in [3.8, 4) is 5.75 Å². The van der Waals surface area contributed by atoms with Crippen LogP contribution in [-0.2, 0) is 16.2 Å². The number of aromatic nitrogens is 1. The second-order valence-corrected chi connectivity index (χ2v) is 8.80. The maximum atomic E-state index is 13.1. The Morgan fingerprint density at radius 1 is 1.06 bits per heavy atom. The molecule has 1 aliphatic heterocycles. The first kappa shape index (κ1) is 24.2. The third-order valence-electron chi connectivity index (χ3n) is 5.98. The minimum absolute atomic E-state index is 0.0461. The molecule has 7 heteroatoms. The van der Waals surface area contributed by atoms with Gasteiger partial charge >= 0.3 is 0 Å². The lowest BCUT2D eigenvalue weighted by molar-refractivity contribution is -0.140. The predicted octanol–water partition coefficient (Wildman–Crippen LogP) is 3.95. The van der Waals surface area contributed by atoms with Gasteiger partial charge in [-0.05, 0) is 62.5 Å². The molecule has 1 N–H and O–H groups in total. The third-order valence-corrected chi connectivity index (χ3v) is 5.98. The van der Waals surface area contributed by atoms with Gasteiger partial charge in [0.05, 0.1) is 11.3 Å². The van der Waals surface area contributed by atoms with E-state index in [1.165, 1.54) is 4.90 Å². The number of aliphatic hydroxyl groups excluding tert-OH is 1. The van der Waals surface area contributed by atoms with Crippen LogP contribution in [0.5, 0.6) is 5.75 Å². The van der Waals surface area contributed by atoms with Gasteiger partial charge in [0.2, 0.25) is 0 Å². The van der Waals surface area contributed by atoms with Crippen molar-refractivity contribution in [3.63, 3.8) is 0 Å². The zero-order valence-corrected chi connectivity index (χ0v) is 20.1. The zero-order valence-electron chi connectivity index (χ0n) is 20.1. The third kappa shape index (κ3) is 5.25. The summed E-state index contributed by atoms with van der Waals surface area (Å²) in [5.41, 5.74) is 2.88. The Hall–Kier alpha value is -3.97. The molecule has 2 heterocycles. The summed E-state index contributed by atoms with van der Waals surface area (Å²) in [7, 11) is 3.80. The quantitative estimate of drug-likeness (QED) is 0.304. The molecule has 180 valence electrons. The van der Waals surface area contributed by atoms with E-state index < -0.39 is 17.7 Å². The van der Waals surface area contributed by atoms with Gasteiger partial charge in [0, 0.05) is 24.8 Å². The van der Waals surface area contributed by atoms with Crippen LogP contribution in [0, 0.1) is 6.92 Å². The molecule has 1 unspecified atom stereocenters. The Labute approximate surface area is 205 Å². The number of aryl methyl sites for hydroxylation is 1. The van der Waals surface area contributed by atoms with E-state index in [-0.39, 0.29) is 11.3 Å². The molecule has 0 saturated carbocycles. The Balaban J connectivity index is 1.68. The van der Waals surface area contributed by atoms with Crippen LogP contribution in [0.3, 0.4) is 0 Å². The van der Waals surface area contributed by atoms with E-state index in [1.54, 1.807) is 42.6 Å². The van der Waals surface area contributed by atoms with Crippen LogP contribution in [-0.4, -0.2) is 58.8 Å². The van der Waals surface area contributed by atoms with Crippen LogP contribution < -0.4 is 4.74 Å². The molecule has 3 aromatic rings. The number of ketones is 1. The monoisotopic (exact) mass is 471 g/mol. The van der Waals surface area contributed by atoms with Crippen molar-refractivity contribution in [1.29, 1.82) is 0 Å². The van der Waals surface area contributed by atoms with Gasteiger partial charge in [0.1, 0.15) is 24.2 Å². The van der Waals surface area contributed by atoms with Gasteiger partial charge in [-0.1, -0.05) is 36.4 Å². The maximum Gasteiger partial charge on any atom is 0.295 e. The molecule has 0 spiro atoms. The van der Waals surface area contributed by atoms with Gasteiger partial charge in [0.15, 0.2) is 0 Å². The Morgan fingerprint density at radius 2 is 1.80 bits per heavy atom. The number of pyridine rings is 1. The van der Waals surface area contributed by atoms with Crippen molar-refractivity contribution in [3.05, 3.63) is 101 Å². The molecular formula is C28H29N3O4. The highest BCUT2D eigenvalue weighted by Gasteiger charge is 2.46. The molecule has 0 aliphatic carbocycles. The number of carbonyl (C=O) groups excluding carboxylic acids is 2. The summed E-state index contributed by atoms with van der Waals surface area (Å²) in [6.07, 6.45) is 1.62. The van der Waals surface area contributed by atoms with Crippen LogP contribution in [0.4, 0.5) is 0 Å². The number of hydrogen-bond acceptors (Lipinski definition) is 6.